The Balaban J connectivity index is 1.73. The van der Waals surface area contributed by atoms with Crippen molar-refractivity contribution in [1.29, 1.82) is 0 Å². The Bertz CT molecular complexity index is 683. The van der Waals surface area contributed by atoms with E-state index in [4.69, 9.17) is 16.3 Å². The van der Waals surface area contributed by atoms with E-state index >= 15 is 0 Å². The fraction of sp³-hybridized carbons (Fsp3) is 0.500. The van der Waals surface area contributed by atoms with Gasteiger partial charge < -0.3 is 10.1 Å². The monoisotopic (exact) mass is 351 g/mol. The van der Waals surface area contributed by atoms with Crippen molar-refractivity contribution in [3.63, 3.8) is 0 Å². The Morgan fingerprint density at radius 1 is 1.33 bits per heavy atom. The zero-order valence-electron chi connectivity index (χ0n) is 13.9. The van der Waals surface area contributed by atoms with Gasteiger partial charge >= 0.3 is 0 Å². The summed E-state index contributed by atoms with van der Waals surface area (Å²) < 4.78 is 21.6. The fourth-order valence-electron chi connectivity index (χ4n) is 3.21. The molecule has 0 radical (unpaired) electrons. The van der Waals surface area contributed by atoms with Crippen LogP contribution in [-0.4, -0.2) is 16.8 Å². The van der Waals surface area contributed by atoms with Gasteiger partial charge in [0, 0.05) is 29.7 Å². The molecule has 2 aromatic rings. The first-order chi connectivity index (χ1) is 11.7. The predicted octanol–water partition coefficient (Wildman–Crippen LogP) is 4.16. The van der Waals surface area contributed by atoms with Gasteiger partial charge in [-0.3, -0.25) is 0 Å². The molecule has 1 fully saturated rings. The van der Waals surface area contributed by atoms with E-state index in [0.29, 0.717) is 28.9 Å². The van der Waals surface area contributed by atoms with E-state index in [9.17, 15) is 4.39 Å². The molecule has 0 bridgehead atoms. The molecule has 130 valence electrons. The number of ether oxygens (including phenoxy) is 1. The Morgan fingerprint density at radius 2 is 2.12 bits per heavy atom. The van der Waals surface area contributed by atoms with E-state index in [1.54, 1.807) is 6.07 Å². The molecule has 0 unspecified atom stereocenters. The van der Waals surface area contributed by atoms with Crippen LogP contribution in [0.1, 0.15) is 36.9 Å². The molecule has 3 rings (SSSR count). The minimum Gasteiger partial charge on any atom is -0.473 e. The molecule has 0 aliphatic heterocycles. The van der Waals surface area contributed by atoms with Gasteiger partial charge in [0.2, 0.25) is 5.88 Å². The summed E-state index contributed by atoms with van der Waals surface area (Å²) in [5.74, 6) is 1.03. The molecule has 4 nitrogen and oxygen atoms in total. The summed E-state index contributed by atoms with van der Waals surface area (Å²) in [6.45, 7) is 1.68. The number of rotatable bonds is 7. The van der Waals surface area contributed by atoms with E-state index in [1.807, 2.05) is 17.8 Å². The molecule has 0 amide bonds. The summed E-state index contributed by atoms with van der Waals surface area (Å²) >= 11 is 5.94. The highest BCUT2D eigenvalue weighted by Crippen LogP contribution is 2.28. The number of hydrogen-bond acceptors (Lipinski definition) is 3. The van der Waals surface area contributed by atoms with Crippen molar-refractivity contribution < 1.29 is 9.13 Å². The van der Waals surface area contributed by atoms with E-state index in [1.165, 1.54) is 37.8 Å². The Labute approximate surface area is 147 Å². The second-order valence-corrected chi connectivity index (χ2v) is 6.80. The second-order valence-electron chi connectivity index (χ2n) is 6.36. The van der Waals surface area contributed by atoms with Crippen molar-refractivity contribution in [3.8, 4) is 5.88 Å². The SMILES string of the molecule is CNCc1cc(OCc2cc(Cl)ccc2F)n(CC2CCCC2)n1. The number of aromatic nitrogens is 2. The first-order valence-electron chi connectivity index (χ1n) is 8.43. The van der Waals surface area contributed by atoms with Crippen LogP contribution in [-0.2, 0) is 19.7 Å². The highest BCUT2D eigenvalue weighted by molar-refractivity contribution is 6.30. The minimum absolute atomic E-state index is 0.141. The fourth-order valence-corrected chi connectivity index (χ4v) is 3.40. The van der Waals surface area contributed by atoms with E-state index in [2.05, 4.69) is 10.4 Å². The van der Waals surface area contributed by atoms with Gasteiger partial charge in [-0.1, -0.05) is 24.4 Å². The highest BCUT2D eigenvalue weighted by atomic mass is 35.5. The number of nitrogens with zero attached hydrogens (tertiary/aromatic N) is 2. The van der Waals surface area contributed by atoms with Gasteiger partial charge in [0.15, 0.2) is 0 Å². The van der Waals surface area contributed by atoms with Crippen molar-refractivity contribution >= 4 is 11.6 Å². The van der Waals surface area contributed by atoms with Gasteiger partial charge in [-0.15, -0.1) is 0 Å². The maximum atomic E-state index is 13.9. The molecule has 6 heteroatoms. The maximum Gasteiger partial charge on any atom is 0.212 e. The molecular weight excluding hydrogens is 329 g/mol. The number of benzene rings is 1. The molecule has 24 heavy (non-hydrogen) atoms. The van der Waals surface area contributed by atoms with Crippen LogP contribution in [0.25, 0.3) is 0 Å². The van der Waals surface area contributed by atoms with Gasteiger partial charge in [0.05, 0.1) is 5.69 Å². The first kappa shape index (κ1) is 17.2. The molecule has 1 aliphatic carbocycles. The van der Waals surface area contributed by atoms with Crippen LogP contribution in [0.5, 0.6) is 5.88 Å². The molecule has 1 heterocycles. The van der Waals surface area contributed by atoms with Crippen molar-refractivity contribution in [1.82, 2.24) is 15.1 Å². The third-order valence-corrected chi connectivity index (χ3v) is 4.68. The van der Waals surface area contributed by atoms with Crippen molar-refractivity contribution in [2.75, 3.05) is 7.05 Å². The Morgan fingerprint density at radius 3 is 2.88 bits per heavy atom. The van der Waals surface area contributed by atoms with Crippen molar-refractivity contribution in [3.05, 3.63) is 46.4 Å². The van der Waals surface area contributed by atoms with Crippen LogP contribution in [0.4, 0.5) is 4.39 Å². The highest BCUT2D eigenvalue weighted by Gasteiger charge is 2.19. The normalized spacial score (nSPS) is 15.1. The molecular formula is C18H23ClFN3O. The summed E-state index contributed by atoms with van der Waals surface area (Å²) in [5.41, 5.74) is 1.38. The van der Waals surface area contributed by atoms with E-state index in [0.717, 1.165) is 12.2 Å². The number of nitrogens with one attached hydrogen (secondary N) is 1. The molecule has 1 saturated carbocycles. The van der Waals surface area contributed by atoms with Gasteiger partial charge in [-0.25, -0.2) is 9.07 Å². The first-order valence-corrected chi connectivity index (χ1v) is 8.81. The lowest BCUT2D eigenvalue weighted by Crippen LogP contribution is -2.12. The molecule has 0 atom stereocenters. The zero-order chi connectivity index (χ0) is 16.9. The summed E-state index contributed by atoms with van der Waals surface area (Å²) in [6, 6.07) is 6.43. The van der Waals surface area contributed by atoms with E-state index in [-0.39, 0.29) is 12.4 Å². The molecule has 1 N–H and O–H groups in total. The average molecular weight is 352 g/mol. The summed E-state index contributed by atoms with van der Waals surface area (Å²) in [6.07, 6.45) is 5.06. The number of hydrogen-bond donors (Lipinski definition) is 1. The van der Waals surface area contributed by atoms with Crippen LogP contribution in [0.15, 0.2) is 24.3 Å². The molecule has 0 spiro atoms. The predicted molar refractivity (Wildman–Crippen MR) is 92.7 cm³/mol. The lowest BCUT2D eigenvalue weighted by atomic mass is 10.1. The lowest BCUT2D eigenvalue weighted by Gasteiger charge is -2.13. The molecule has 1 aromatic carbocycles. The Hall–Kier alpha value is -1.59. The summed E-state index contributed by atoms with van der Waals surface area (Å²) in [4.78, 5) is 0. The van der Waals surface area contributed by atoms with E-state index < -0.39 is 0 Å². The van der Waals surface area contributed by atoms with Crippen LogP contribution in [0, 0.1) is 11.7 Å². The summed E-state index contributed by atoms with van der Waals surface area (Å²) in [7, 11) is 1.89. The quantitative estimate of drug-likeness (QED) is 0.814. The summed E-state index contributed by atoms with van der Waals surface area (Å²) in [5, 5.41) is 8.23. The molecule has 1 aliphatic rings. The lowest BCUT2D eigenvalue weighted by molar-refractivity contribution is 0.257. The van der Waals surface area contributed by atoms with Gasteiger partial charge in [0.25, 0.3) is 0 Å². The van der Waals surface area contributed by atoms with Gasteiger partial charge in [-0.2, -0.15) is 5.10 Å². The second kappa shape index (κ2) is 7.99. The van der Waals surface area contributed by atoms with Crippen molar-refractivity contribution in [2.24, 2.45) is 5.92 Å². The minimum atomic E-state index is -0.309. The largest absolute Gasteiger partial charge is 0.473 e. The van der Waals surface area contributed by atoms with Crippen LogP contribution < -0.4 is 10.1 Å². The topological polar surface area (TPSA) is 39.1 Å². The van der Waals surface area contributed by atoms with Gasteiger partial charge in [0.1, 0.15) is 12.4 Å². The van der Waals surface area contributed by atoms with Crippen LogP contribution in [0.2, 0.25) is 5.02 Å². The van der Waals surface area contributed by atoms with Crippen LogP contribution in [0.3, 0.4) is 0 Å². The third-order valence-electron chi connectivity index (χ3n) is 4.44. The standard InChI is InChI=1S/C18H23ClFN3O/c1-21-10-16-9-18(23(22-16)11-13-4-2-3-5-13)24-12-14-8-15(19)6-7-17(14)20/h6-9,13,21H,2-5,10-12H2,1H3. The molecule has 0 saturated heterocycles. The van der Waals surface area contributed by atoms with Crippen molar-refractivity contribution in [2.45, 2.75) is 45.4 Å². The third kappa shape index (κ3) is 4.28. The zero-order valence-corrected chi connectivity index (χ0v) is 14.7. The molecule has 1 aromatic heterocycles. The Kier molecular flexibility index (Phi) is 5.74. The number of halogens is 2. The van der Waals surface area contributed by atoms with Gasteiger partial charge in [-0.05, 0) is 44.0 Å². The average Bonchev–Trinajstić information content (AvgIpc) is 3.19. The van der Waals surface area contributed by atoms with Crippen LogP contribution >= 0.6 is 11.6 Å². The smallest absolute Gasteiger partial charge is 0.212 e. The maximum absolute atomic E-state index is 13.9.